The molecule has 0 heterocycles. The molecule has 5 nitrogen and oxygen atoms in total. The van der Waals surface area contributed by atoms with Crippen molar-refractivity contribution in [3.8, 4) is 6.07 Å². The monoisotopic (exact) mass is 361 g/mol. The smallest absolute Gasteiger partial charge is 0.326 e. The van der Waals surface area contributed by atoms with Crippen LogP contribution >= 0.6 is 11.6 Å². The van der Waals surface area contributed by atoms with E-state index in [2.05, 4.69) is 0 Å². The summed E-state index contributed by atoms with van der Waals surface area (Å²) in [5, 5.41) is 18.0. The molecule has 7 heteroatoms. The molecule has 1 saturated carbocycles. The first-order chi connectivity index (χ1) is 11.4. The Morgan fingerprint density at radius 3 is 2.38 bits per heavy atom. The molecule has 2 aromatic carbocycles. The summed E-state index contributed by atoms with van der Waals surface area (Å²) in [6, 6.07) is 15.6. The van der Waals surface area contributed by atoms with Gasteiger partial charge >= 0.3 is 5.97 Å². The summed E-state index contributed by atoms with van der Waals surface area (Å²) in [6.45, 7) is 0. The third-order valence-electron chi connectivity index (χ3n) is 4.29. The minimum absolute atomic E-state index is 0.000373. The molecule has 3 rings (SSSR count). The van der Waals surface area contributed by atoms with E-state index >= 15 is 0 Å². The van der Waals surface area contributed by atoms with Crippen LogP contribution in [0.2, 0.25) is 5.02 Å². The quantitative estimate of drug-likeness (QED) is 0.903. The van der Waals surface area contributed by atoms with Crippen LogP contribution in [0.4, 0.5) is 0 Å². The number of carbonyl (C=O) groups is 1. The first kappa shape index (κ1) is 16.5. The van der Waals surface area contributed by atoms with E-state index in [1.807, 2.05) is 0 Å². The largest absolute Gasteiger partial charge is 0.480 e. The lowest BCUT2D eigenvalue weighted by Crippen LogP contribution is -2.22. The predicted molar refractivity (Wildman–Crippen MR) is 87.3 cm³/mol. The van der Waals surface area contributed by atoms with Crippen molar-refractivity contribution < 1.29 is 18.3 Å². The fourth-order valence-corrected chi connectivity index (χ4v) is 5.58. The molecule has 1 aliphatic rings. The maximum absolute atomic E-state index is 12.9. The van der Waals surface area contributed by atoms with Crippen LogP contribution < -0.4 is 0 Å². The molecule has 0 aliphatic heterocycles. The summed E-state index contributed by atoms with van der Waals surface area (Å²) < 4.78 is 25.8. The molecule has 1 N–H and O–H groups in total. The van der Waals surface area contributed by atoms with Gasteiger partial charge in [-0.25, -0.2) is 8.42 Å². The van der Waals surface area contributed by atoms with Gasteiger partial charge in [0.25, 0.3) is 0 Å². The maximum atomic E-state index is 12.9. The molecule has 0 unspecified atom stereocenters. The van der Waals surface area contributed by atoms with Gasteiger partial charge < -0.3 is 5.11 Å². The minimum atomic E-state index is -3.99. The molecular formula is C17H12ClNO4S. The van der Waals surface area contributed by atoms with Gasteiger partial charge in [-0.1, -0.05) is 41.9 Å². The molecule has 122 valence electrons. The average molecular weight is 362 g/mol. The Kier molecular flexibility index (Phi) is 3.86. The molecule has 0 aromatic heterocycles. The second-order valence-electron chi connectivity index (χ2n) is 5.60. The molecule has 0 spiro atoms. The summed E-state index contributed by atoms with van der Waals surface area (Å²) in [5.74, 6) is -2.41. The minimum Gasteiger partial charge on any atom is -0.480 e. The van der Waals surface area contributed by atoms with Gasteiger partial charge in [0.15, 0.2) is 15.3 Å². The topological polar surface area (TPSA) is 95.2 Å². The normalized spacial score (nSPS) is 25.7. The average Bonchev–Trinajstić information content (AvgIpc) is 3.27. The van der Waals surface area contributed by atoms with Crippen molar-refractivity contribution in [1.29, 1.82) is 5.26 Å². The third-order valence-corrected chi connectivity index (χ3v) is 6.76. The molecule has 0 amide bonds. The van der Waals surface area contributed by atoms with E-state index < -0.39 is 32.4 Å². The molecule has 3 atom stereocenters. The molecular weight excluding hydrogens is 350 g/mol. The zero-order valence-corrected chi connectivity index (χ0v) is 13.8. The van der Waals surface area contributed by atoms with Gasteiger partial charge in [-0.3, -0.25) is 4.79 Å². The van der Waals surface area contributed by atoms with E-state index in [0.717, 1.165) is 0 Å². The van der Waals surface area contributed by atoms with Crippen LogP contribution in [-0.4, -0.2) is 24.7 Å². The number of rotatable bonds is 4. The van der Waals surface area contributed by atoms with E-state index in [-0.39, 0.29) is 4.90 Å². The van der Waals surface area contributed by atoms with E-state index in [4.69, 9.17) is 11.6 Å². The molecule has 1 aliphatic carbocycles. The van der Waals surface area contributed by atoms with Crippen molar-refractivity contribution in [3.05, 3.63) is 65.2 Å². The Morgan fingerprint density at radius 2 is 1.83 bits per heavy atom. The van der Waals surface area contributed by atoms with Crippen LogP contribution in [0, 0.1) is 16.7 Å². The van der Waals surface area contributed by atoms with Gasteiger partial charge in [0.1, 0.15) is 5.25 Å². The highest BCUT2D eigenvalue weighted by atomic mass is 35.5. The number of sulfone groups is 1. The number of carboxylic acid groups (broad SMARTS) is 1. The second-order valence-corrected chi connectivity index (χ2v) is 8.10. The molecule has 0 radical (unpaired) electrons. The lowest BCUT2D eigenvalue weighted by molar-refractivity contribution is -0.141. The third kappa shape index (κ3) is 2.29. The maximum Gasteiger partial charge on any atom is 0.326 e. The fourth-order valence-electron chi connectivity index (χ4n) is 3.11. The van der Waals surface area contributed by atoms with Crippen LogP contribution in [0.25, 0.3) is 0 Å². The molecule has 0 saturated heterocycles. The number of halogens is 1. The van der Waals surface area contributed by atoms with E-state index in [1.165, 1.54) is 18.2 Å². The van der Waals surface area contributed by atoms with Crippen LogP contribution in [0.1, 0.15) is 11.5 Å². The highest BCUT2D eigenvalue weighted by molar-refractivity contribution is 7.92. The molecule has 2 aromatic rings. The zero-order valence-electron chi connectivity index (χ0n) is 12.3. The van der Waals surface area contributed by atoms with Gasteiger partial charge in [0, 0.05) is 10.9 Å². The van der Waals surface area contributed by atoms with Crippen LogP contribution in [0.5, 0.6) is 0 Å². The second kappa shape index (κ2) is 5.62. The number of benzene rings is 2. The summed E-state index contributed by atoms with van der Waals surface area (Å²) in [4.78, 5) is 11.8. The van der Waals surface area contributed by atoms with E-state index in [1.54, 1.807) is 42.5 Å². The van der Waals surface area contributed by atoms with Crippen LogP contribution in [0.3, 0.4) is 0 Å². The van der Waals surface area contributed by atoms with Gasteiger partial charge in [0.2, 0.25) is 0 Å². The molecule has 1 fully saturated rings. The number of hydrogen-bond donors (Lipinski definition) is 1. The lowest BCUT2D eigenvalue weighted by Gasteiger charge is -2.04. The van der Waals surface area contributed by atoms with Crippen molar-refractivity contribution in [2.45, 2.75) is 16.1 Å². The zero-order chi connectivity index (χ0) is 17.5. The Morgan fingerprint density at radius 1 is 1.17 bits per heavy atom. The lowest BCUT2D eigenvalue weighted by atomic mass is 10.0. The predicted octanol–water partition coefficient (Wildman–Crippen LogP) is 2.87. The highest BCUT2D eigenvalue weighted by Crippen LogP contribution is 2.64. The first-order valence-electron chi connectivity index (χ1n) is 7.04. The van der Waals surface area contributed by atoms with E-state index in [9.17, 15) is 23.6 Å². The Bertz CT molecular complexity index is 952. The van der Waals surface area contributed by atoms with Crippen LogP contribution in [-0.2, 0) is 14.6 Å². The van der Waals surface area contributed by atoms with Gasteiger partial charge in [-0.2, -0.15) is 5.26 Å². The summed E-state index contributed by atoms with van der Waals surface area (Å²) in [6.07, 6.45) is 0. The number of hydrogen-bond acceptors (Lipinski definition) is 4. The summed E-state index contributed by atoms with van der Waals surface area (Å²) in [7, 11) is -3.99. The fraction of sp³-hybridized carbons (Fsp3) is 0.176. The number of aliphatic carboxylic acids is 1. The summed E-state index contributed by atoms with van der Waals surface area (Å²) >= 11 is 5.93. The first-order valence-corrected chi connectivity index (χ1v) is 8.97. The number of nitriles is 1. The number of carboxylic acids is 1. The van der Waals surface area contributed by atoms with Crippen LogP contribution in [0.15, 0.2) is 59.5 Å². The van der Waals surface area contributed by atoms with Crippen molar-refractivity contribution >= 4 is 27.4 Å². The summed E-state index contributed by atoms with van der Waals surface area (Å²) in [5.41, 5.74) is -1.59. The SMILES string of the molecule is N#C[C@@]1(C(=O)O)[C@H](c2cccc(Cl)c2)[C@@H]1S(=O)(=O)c1ccccc1. The Balaban J connectivity index is 2.16. The van der Waals surface area contributed by atoms with Gasteiger partial charge in [0.05, 0.1) is 11.0 Å². The Hall–Kier alpha value is -2.36. The molecule has 0 bridgehead atoms. The number of nitrogens with zero attached hydrogens (tertiary/aromatic N) is 1. The van der Waals surface area contributed by atoms with E-state index in [0.29, 0.717) is 10.6 Å². The van der Waals surface area contributed by atoms with Gasteiger partial charge in [-0.15, -0.1) is 0 Å². The van der Waals surface area contributed by atoms with Gasteiger partial charge in [-0.05, 0) is 29.8 Å². The molecule has 24 heavy (non-hydrogen) atoms. The highest BCUT2D eigenvalue weighted by Gasteiger charge is 2.77. The van der Waals surface area contributed by atoms with Crippen molar-refractivity contribution in [2.24, 2.45) is 5.41 Å². The van der Waals surface area contributed by atoms with Crippen molar-refractivity contribution in [1.82, 2.24) is 0 Å². The Labute approximate surface area is 144 Å². The van der Waals surface area contributed by atoms with Crippen molar-refractivity contribution in [2.75, 3.05) is 0 Å². The van der Waals surface area contributed by atoms with Crippen molar-refractivity contribution in [3.63, 3.8) is 0 Å². The standard InChI is InChI=1S/C17H12ClNO4S/c18-12-6-4-5-11(9-12)14-15(17(14,10-19)16(20)21)24(22,23)13-7-2-1-3-8-13/h1-9,14-15H,(H,20,21)/t14-,15+,17-/m1/s1.